The van der Waals surface area contributed by atoms with Gasteiger partial charge in [-0.1, -0.05) is 40.0 Å². The van der Waals surface area contributed by atoms with Gasteiger partial charge in [-0.15, -0.1) is 0 Å². The van der Waals surface area contributed by atoms with Gasteiger partial charge in [0.1, 0.15) is 0 Å². The van der Waals surface area contributed by atoms with Gasteiger partial charge in [0.05, 0.1) is 12.7 Å². The molecule has 0 aromatic carbocycles. The Morgan fingerprint density at radius 2 is 1.86 bits per heavy atom. The van der Waals surface area contributed by atoms with Crippen LogP contribution >= 0.6 is 0 Å². The fourth-order valence-electron chi connectivity index (χ4n) is 3.09. The highest BCUT2D eigenvalue weighted by molar-refractivity contribution is 4.76. The number of rotatable bonds is 11. The maximum atomic E-state index is 10.0. The Balaban J connectivity index is 2.03. The lowest BCUT2D eigenvalue weighted by molar-refractivity contribution is 0.0176. The molecule has 0 aromatic heterocycles. The zero-order chi connectivity index (χ0) is 15.5. The Morgan fingerprint density at radius 3 is 2.48 bits per heavy atom. The molecule has 1 fully saturated rings. The molecule has 3 heteroatoms. The average Bonchev–Trinajstić information content (AvgIpc) is 2.50. The zero-order valence-corrected chi connectivity index (χ0v) is 14.4. The molecule has 21 heavy (non-hydrogen) atoms. The highest BCUT2D eigenvalue weighted by Crippen LogP contribution is 2.23. The number of nitrogens with one attached hydrogen (secondary N) is 1. The lowest BCUT2D eigenvalue weighted by Crippen LogP contribution is -2.39. The van der Waals surface area contributed by atoms with Crippen molar-refractivity contribution in [2.24, 2.45) is 11.8 Å². The van der Waals surface area contributed by atoms with Crippen molar-refractivity contribution in [3.8, 4) is 0 Å². The molecule has 1 aliphatic carbocycles. The molecule has 2 unspecified atom stereocenters. The Morgan fingerprint density at radius 1 is 1.14 bits per heavy atom. The highest BCUT2D eigenvalue weighted by Gasteiger charge is 2.18. The van der Waals surface area contributed by atoms with E-state index in [1.807, 2.05) is 0 Å². The third kappa shape index (κ3) is 8.80. The smallest absolute Gasteiger partial charge is 0.0897 e. The van der Waals surface area contributed by atoms with Crippen molar-refractivity contribution in [1.82, 2.24) is 5.32 Å². The number of unbranched alkanes of at least 4 members (excludes halogenated alkanes) is 1. The van der Waals surface area contributed by atoms with E-state index >= 15 is 0 Å². The number of aliphatic hydroxyl groups excluding tert-OH is 1. The van der Waals surface area contributed by atoms with Crippen molar-refractivity contribution in [3.05, 3.63) is 0 Å². The van der Waals surface area contributed by atoms with E-state index in [1.54, 1.807) is 0 Å². The van der Waals surface area contributed by atoms with Crippen LogP contribution in [0.15, 0.2) is 0 Å². The van der Waals surface area contributed by atoms with Crippen LogP contribution in [0.3, 0.4) is 0 Å². The van der Waals surface area contributed by atoms with E-state index in [1.165, 1.54) is 51.4 Å². The summed E-state index contributed by atoms with van der Waals surface area (Å²) in [4.78, 5) is 0. The summed E-state index contributed by atoms with van der Waals surface area (Å²) in [5, 5.41) is 13.5. The Hall–Kier alpha value is -0.120. The number of hydrogen-bond donors (Lipinski definition) is 2. The molecule has 0 aromatic rings. The van der Waals surface area contributed by atoms with Crippen LogP contribution in [-0.4, -0.2) is 37.0 Å². The first-order valence-corrected chi connectivity index (χ1v) is 9.14. The topological polar surface area (TPSA) is 41.5 Å². The summed E-state index contributed by atoms with van der Waals surface area (Å²) in [7, 11) is 0. The second-order valence-corrected chi connectivity index (χ2v) is 6.97. The number of ether oxygens (including phenoxy) is 1. The summed E-state index contributed by atoms with van der Waals surface area (Å²) in [6.07, 6.45) is 9.74. The molecule has 0 heterocycles. The minimum Gasteiger partial charge on any atom is -0.389 e. The molecule has 2 atom stereocenters. The van der Waals surface area contributed by atoms with Crippen molar-refractivity contribution in [3.63, 3.8) is 0 Å². The largest absolute Gasteiger partial charge is 0.389 e. The third-order valence-corrected chi connectivity index (χ3v) is 4.87. The first kappa shape index (κ1) is 18.9. The lowest BCUT2D eigenvalue weighted by Gasteiger charge is -2.28. The summed E-state index contributed by atoms with van der Waals surface area (Å²) in [6, 6.07) is 0.601. The first-order valence-electron chi connectivity index (χ1n) is 9.14. The summed E-state index contributed by atoms with van der Waals surface area (Å²) >= 11 is 0. The predicted molar refractivity (Wildman–Crippen MR) is 89.6 cm³/mol. The molecule has 126 valence electrons. The molecular formula is C18H37NO2. The Kier molecular flexibility index (Phi) is 10.3. The van der Waals surface area contributed by atoms with E-state index in [0.717, 1.165) is 12.5 Å². The third-order valence-electron chi connectivity index (χ3n) is 4.87. The fraction of sp³-hybridized carbons (Fsp3) is 1.00. The van der Waals surface area contributed by atoms with E-state index < -0.39 is 0 Å². The average molecular weight is 299 g/mol. The van der Waals surface area contributed by atoms with Gasteiger partial charge in [-0.2, -0.15) is 0 Å². The second-order valence-electron chi connectivity index (χ2n) is 6.97. The maximum absolute atomic E-state index is 10.0. The lowest BCUT2D eigenvalue weighted by atomic mass is 9.87. The van der Waals surface area contributed by atoms with E-state index in [9.17, 15) is 5.11 Å². The second kappa shape index (κ2) is 11.4. The van der Waals surface area contributed by atoms with Crippen molar-refractivity contribution in [2.45, 2.75) is 84.3 Å². The van der Waals surface area contributed by atoms with Gasteiger partial charge in [0.2, 0.25) is 0 Å². The SMILES string of the molecule is CCCCC(CC)COCC(O)CNC1CCC(C)CC1. The summed E-state index contributed by atoms with van der Waals surface area (Å²) in [5.41, 5.74) is 0. The molecule has 0 saturated heterocycles. The maximum Gasteiger partial charge on any atom is 0.0897 e. The quantitative estimate of drug-likeness (QED) is 0.610. The van der Waals surface area contributed by atoms with Gasteiger partial charge in [-0.25, -0.2) is 0 Å². The molecule has 0 bridgehead atoms. The van der Waals surface area contributed by atoms with Crippen LogP contribution in [0.25, 0.3) is 0 Å². The molecular weight excluding hydrogens is 262 g/mol. The van der Waals surface area contributed by atoms with Gasteiger partial charge in [-0.3, -0.25) is 0 Å². The molecule has 2 N–H and O–H groups in total. The Bertz CT molecular complexity index is 239. The van der Waals surface area contributed by atoms with Crippen LogP contribution in [0, 0.1) is 11.8 Å². The van der Waals surface area contributed by atoms with Gasteiger partial charge < -0.3 is 15.2 Å². The summed E-state index contributed by atoms with van der Waals surface area (Å²) in [5.74, 6) is 1.54. The molecule has 1 aliphatic rings. The van der Waals surface area contributed by atoms with Crippen LogP contribution < -0.4 is 5.32 Å². The van der Waals surface area contributed by atoms with E-state index in [-0.39, 0.29) is 6.10 Å². The number of hydrogen-bond acceptors (Lipinski definition) is 3. The summed E-state index contributed by atoms with van der Waals surface area (Å²) in [6.45, 7) is 8.74. The molecule has 0 radical (unpaired) electrons. The monoisotopic (exact) mass is 299 g/mol. The first-order chi connectivity index (χ1) is 10.2. The minimum atomic E-state index is -0.368. The summed E-state index contributed by atoms with van der Waals surface area (Å²) < 4.78 is 5.71. The molecule has 0 aliphatic heterocycles. The van der Waals surface area contributed by atoms with Gasteiger partial charge in [0.25, 0.3) is 0 Å². The standard InChI is InChI=1S/C18H37NO2/c1-4-6-7-16(5-2)13-21-14-18(20)12-19-17-10-8-15(3)9-11-17/h15-20H,4-14H2,1-3H3. The Labute approximate surface area is 131 Å². The normalized spacial score (nSPS) is 25.7. The van der Waals surface area contributed by atoms with Crippen molar-refractivity contribution in [2.75, 3.05) is 19.8 Å². The molecule has 1 rings (SSSR count). The van der Waals surface area contributed by atoms with Crippen molar-refractivity contribution >= 4 is 0 Å². The van der Waals surface area contributed by atoms with Gasteiger partial charge in [0, 0.05) is 19.2 Å². The number of aliphatic hydroxyl groups is 1. The van der Waals surface area contributed by atoms with Crippen LogP contribution in [0.2, 0.25) is 0 Å². The predicted octanol–water partition coefficient (Wildman–Crippen LogP) is 3.75. The zero-order valence-electron chi connectivity index (χ0n) is 14.4. The van der Waals surface area contributed by atoms with Crippen molar-refractivity contribution < 1.29 is 9.84 Å². The highest BCUT2D eigenvalue weighted by atomic mass is 16.5. The van der Waals surface area contributed by atoms with Gasteiger partial charge in [-0.05, 0) is 43.9 Å². The van der Waals surface area contributed by atoms with Crippen LogP contribution in [0.4, 0.5) is 0 Å². The fourth-order valence-corrected chi connectivity index (χ4v) is 3.09. The van der Waals surface area contributed by atoms with Gasteiger partial charge >= 0.3 is 0 Å². The van der Waals surface area contributed by atoms with Crippen LogP contribution in [0.1, 0.15) is 72.1 Å². The minimum absolute atomic E-state index is 0.368. The van der Waals surface area contributed by atoms with E-state index in [0.29, 0.717) is 25.1 Å². The molecule has 3 nitrogen and oxygen atoms in total. The van der Waals surface area contributed by atoms with E-state index in [4.69, 9.17) is 4.74 Å². The van der Waals surface area contributed by atoms with Gasteiger partial charge in [0.15, 0.2) is 0 Å². The van der Waals surface area contributed by atoms with Crippen molar-refractivity contribution in [1.29, 1.82) is 0 Å². The molecule has 0 spiro atoms. The van der Waals surface area contributed by atoms with E-state index in [2.05, 4.69) is 26.1 Å². The van der Waals surface area contributed by atoms with Crippen LogP contribution in [0.5, 0.6) is 0 Å². The van der Waals surface area contributed by atoms with Crippen LogP contribution in [-0.2, 0) is 4.74 Å². The molecule has 1 saturated carbocycles. The molecule has 0 amide bonds.